The molecule has 0 bridgehead atoms. The first-order valence-electron chi connectivity index (χ1n) is 4.35. The van der Waals surface area contributed by atoms with Gasteiger partial charge in [0, 0.05) is 7.05 Å². The second-order valence-electron chi connectivity index (χ2n) is 3.10. The number of aryl methyl sites for hydroxylation is 1. The third-order valence-electron chi connectivity index (χ3n) is 2.12. The normalized spacial score (nSPS) is 10.2. The molecule has 0 unspecified atom stereocenters. The molecule has 0 radical (unpaired) electrons. The Morgan fingerprint density at radius 1 is 1.47 bits per heavy atom. The maximum atomic E-state index is 8.55. The molecule has 2 aromatic heterocycles. The molecule has 0 aliphatic heterocycles. The molecular weight excluding hydrogens is 194 g/mol. The molecule has 0 atom stereocenters. The molecule has 7 nitrogen and oxygen atoms in total. The summed E-state index contributed by atoms with van der Waals surface area (Å²) in [5.41, 5.74) is 0. The van der Waals surface area contributed by atoms with E-state index in [0.29, 0.717) is 6.54 Å². The van der Waals surface area contributed by atoms with Crippen molar-refractivity contribution in [2.45, 2.75) is 13.5 Å². The smallest absolute Gasteiger partial charge is 0.252 e. The standard InChI is InChI=1S/C8H9N7/c1-6-11-12-8(14(6)2)4-15-5-10-7(3-9)13-15/h5H,4H2,1-2H3. The molecule has 0 N–H and O–H groups in total. The molecule has 2 aromatic rings. The highest BCUT2D eigenvalue weighted by atomic mass is 15.4. The Balaban J connectivity index is 2.22. The van der Waals surface area contributed by atoms with Gasteiger partial charge in [-0.25, -0.2) is 9.67 Å². The summed E-state index contributed by atoms with van der Waals surface area (Å²) >= 11 is 0. The Labute approximate surface area is 86.0 Å². The van der Waals surface area contributed by atoms with Gasteiger partial charge in [0.25, 0.3) is 5.82 Å². The van der Waals surface area contributed by atoms with Gasteiger partial charge in [-0.1, -0.05) is 0 Å². The molecule has 0 aromatic carbocycles. The third-order valence-corrected chi connectivity index (χ3v) is 2.12. The van der Waals surface area contributed by atoms with Crippen LogP contribution in [0.5, 0.6) is 0 Å². The lowest BCUT2D eigenvalue weighted by Gasteiger charge is -2.00. The highest BCUT2D eigenvalue weighted by Crippen LogP contribution is 1.99. The Morgan fingerprint density at radius 3 is 2.80 bits per heavy atom. The minimum Gasteiger partial charge on any atom is -0.317 e. The summed E-state index contributed by atoms with van der Waals surface area (Å²) in [6, 6.07) is 1.87. The zero-order valence-corrected chi connectivity index (χ0v) is 8.41. The lowest BCUT2D eigenvalue weighted by molar-refractivity contribution is 0.624. The maximum Gasteiger partial charge on any atom is 0.252 e. The van der Waals surface area contributed by atoms with Crippen molar-refractivity contribution in [2.24, 2.45) is 7.05 Å². The Bertz CT molecular complexity index is 515. The number of hydrogen-bond donors (Lipinski definition) is 0. The van der Waals surface area contributed by atoms with E-state index in [-0.39, 0.29) is 5.82 Å². The first-order chi connectivity index (χ1) is 7.20. The van der Waals surface area contributed by atoms with Gasteiger partial charge < -0.3 is 4.57 Å². The van der Waals surface area contributed by atoms with E-state index in [2.05, 4.69) is 20.3 Å². The van der Waals surface area contributed by atoms with Crippen molar-refractivity contribution < 1.29 is 0 Å². The number of nitrogens with zero attached hydrogens (tertiary/aromatic N) is 7. The fraction of sp³-hybridized carbons (Fsp3) is 0.375. The average Bonchev–Trinajstić information content (AvgIpc) is 2.80. The summed E-state index contributed by atoms with van der Waals surface area (Å²) in [5.74, 6) is 1.78. The van der Waals surface area contributed by atoms with Gasteiger partial charge in [-0.05, 0) is 6.92 Å². The minimum absolute atomic E-state index is 0.161. The van der Waals surface area contributed by atoms with Crippen LogP contribution in [0.25, 0.3) is 0 Å². The number of nitriles is 1. The molecule has 0 saturated heterocycles. The van der Waals surface area contributed by atoms with Crippen LogP contribution in [0.15, 0.2) is 6.33 Å². The van der Waals surface area contributed by atoms with Crippen molar-refractivity contribution in [3.8, 4) is 6.07 Å². The minimum atomic E-state index is 0.161. The van der Waals surface area contributed by atoms with E-state index in [1.165, 1.54) is 6.33 Å². The molecule has 0 amide bonds. The van der Waals surface area contributed by atoms with Crippen LogP contribution in [0.4, 0.5) is 0 Å². The van der Waals surface area contributed by atoms with Crippen LogP contribution < -0.4 is 0 Å². The van der Waals surface area contributed by atoms with Crippen LogP contribution >= 0.6 is 0 Å². The molecule has 0 fully saturated rings. The van der Waals surface area contributed by atoms with E-state index in [0.717, 1.165) is 11.6 Å². The summed E-state index contributed by atoms with van der Waals surface area (Å²) in [6.07, 6.45) is 1.50. The van der Waals surface area contributed by atoms with Crippen LogP contribution in [-0.2, 0) is 13.6 Å². The molecule has 2 rings (SSSR count). The molecule has 15 heavy (non-hydrogen) atoms. The third kappa shape index (κ3) is 1.69. The largest absolute Gasteiger partial charge is 0.317 e. The molecule has 7 heteroatoms. The summed E-state index contributed by atoms with van der Waals surface area (Å²) in [4.78, 5) is 3.80. The van der Waals surface area contributed by atoms with Crippen LogP contribution in [0, 0.1) is 18.3 Å². The molecule has 2 heterocycles. The number of rotatable bonds is 2. The summed E-state index contributed by atoms with van der Waals surface area (Å²) in [5, 5.41) is 20.4. The van der Waals surface area contributed by atoms with E-state index in [1.807, 2.05) is 24.6 Å². The first kappa shape index (κ1) is 9.33. The highest BCUT2D eigenvalue weighted by molar-refractivity contribution is 5.05. The topological polar surface area (TPSA) is 85.2 Å². The quantitative estimate of drug-likeness (QED) is 0.665. The maximum absolute atomic E-state index is 8.55. The van der Waals surface area contributed by atoms with E-state index in [4.69, 9.17) is 5.26 Å². The van der Waals surface area contributed by atoms with Gasteiger partial charge in [0.1, 0.15) is 24.8 Å². The van der Waals surface area contributed by atoms with Crippen LogP contribution in [-0.4, -0.2) is 29.5 Å². The van der Waals surface area contributed by atoms with Gasteiger partial charge >= 0.3 is 0 Å². The van der Waals surface area contributed by atoms with Crippen LogP contribution in [0.1, 0.15) is 17.5 Å². The zero-order chi connectivity index (χ0) is 10.8. The number of aromatic nitrogens is 6. The summed E-state index contributed by atoms with van der Waals surface area (Å²) in [6.45, 7) is 2.34. The van der Waals surface area contributed by atoms with Gasteiger partial charge in [0.05, 0.1) is 0 Å². The van der Waals surface area contributed by atoms with Crippen LogP contribution in [0.2, 0.25) is 0 Å². The van der Waals surface area contributed by atoms with Gasteiger partial charge in [-0.3, -0.25) is 0 Å². The van der Waals surface area contributed by atoms with Crippen molar-refractivity contribution in [1.82, 2.24) is 29.5 Å². The lowest BCUT2D eigenvalue weighted by atomic mass is 10.5. The first-order valence-corrected chi connectivity index (χ1v) is 4.35. The Morgan fingerprint density at radius 2 is 2.27 bits per heavy atom. The molecule has 0 spiro atoms. The van der Waals surface area contributed by atoms with E-state index >= 15 is 0 Å². The van der Waals surface area contributed by atoms with E-state index in [9.17, 15) is 0 Å². The van der Waals surface area contributed by atoms with Crippen molar-refractivity contribution >= 4 is 0 Å². The molecule has 76 valence electrons. The van der Waals surface area contributed by atoms with Gasteiger partial charge in [-0.15, -0.1) is 15.3 Å². The fourth-order valence-electron chi connectivity index (χ4n) is 1.16. The Hall–Kier alpha value is -2.23. The molecule has 0 aliphatic rings. The van der Waals surface area contributed by atoms with Crippen molar-refractivity contribution in [2.75, 3.05) is 0 Å². The lowest BCUT2D eigenvalue weighted by Crippen LogP contribution is -2.07. The second kappa shape index (κ2) is 3.49. The van der Waals surface area contributed by atoms with Gasteiger partial charge in [-0.2, -0.15) is 5.26 Å². The van der Waals surface area contributed by atoms with Gasteiger partial charge in [0.2, 0.25) is 0 Å². The van der Waals surface area contributed by atoms with E-state index in [1.54, 1.807) is 4.68 Å². The predicted octanol–water partition coefficient (Wildman–Crippen LogP) is -0.365. The molecule has 0 saturated carbocycles. The zero-order valence-electron chi connectivity index (χ0n) is 8.41. The highest BCUT2D eigenvalue weighted by Gasteiger charge is 2.06. The molecule has 0 aliphatic carbocycles. The average molecular weight is 203 g/mol. The van der Waals surface area contributed by atoms with Crippen molar-refractivity contribution in [1.29, 1.82) is 5.26 Å². The summed E-state index contributed by atoms with van der Waals surface area (Å²) < 4.78 is 3.43. The second-order valence-corrected chi connectivity index (χ2v) is 3.10. The number of hydrogen-bond acceptors (Lipinski definition) is 5. The Kier molecular flexibility index (Phi) is 2.17. The van der Waals surface area contributed by atoms with Crippen LogP contribution in [0.3, 0.4) is 0 Å². The SMILES string of the molecule is Cc1nnc(Cn2cnc(C#N)n2)n1C. The van der Waals surface area contributed by atoms with Gasteiger partial charge in [0.15, 0.2) is 5.82 Å². The fourth-order valence-corrected chi connectivity index (χ4v) is 1.16. The monoisotopic (exact) mass is 203 g/mol. The van der Waals surface area contributed by atoms with Crippen molar-refractivity contribution in [3.05, 3.63) is 23.8 Å². The summed E-state index contributed by atoms with van der Waals surface area (Å²) in [7, 11) is 1.88. The molecular formula is C8H9N7. The van der Waals surface area contributed by atoms with E-state index < -0.39 is 0 Å². The van der Waals surface area contributed by atoms with Crippen molar-refractivity contribution in [3.63, 3.8) is 0 Å². The predicted molar refractivity (Wildman–Crippen MR) is 49.6 cm³/mol.